The van der Waals surface area contributed by atoms with Crippen LogP contribution >= 0.6 is 0 Å². The number of anilines is 1. The fourth-order valence-electron chi connectivity index (χ4n) is 6.22. The van der Waals surface area contributed by atoms with Crippen molar-refractivity contribution in [3.8, 4) is 5.75 Å². The lowest BCUT2D eigenvalue weighted by atomic mass is 9.78. The molecule has 10 heteroatoms. The molecule has 5 N–H and O–H groups in total. The van der Waals surface area contributed by atoms with Crippen molar-refractivity contribution in [3.63, 3.8) is 0 Å². The van der Waals surface area contributed by atoms with Crippen LogP contribution in [0.5, 0.6) is 5.75 Å². The van der Waals surface area contributed by atoms with E-state index in [0.717, 1.165) is 24.0 Å². The number of aliphatic hydroxyl groups excluding tert-OH is 4. The van der Waals surface area contributed by atoms with E-state index in [4.69, 9.17) is 9.47 Å². The number of carboxylic acids is 1. The molecule has 0 spiro atoms. The monoisotopic (exact) mass is 633 g/mol. The van der Waals surface area contributed by atoms with E-state index in [-0.39, 0.29) is 24.3 Å². The minimum atomic E-state index is -1.43. The number of aryl methyl sites for hydroxylation is 2. The van der Waals surface area contributed by atoms with Crippen molar-refractivity contribution in [1.82, 2.24) is 0 Å². The third kappa shape index (κ3) is 7.11. The van der Waals surface area contributed by atoms with Crippen molar-refractivity contribution in [3.05, 3.63) is 95.1 Å². The largest absolute Gasteiger partial charge is 0.478 e. The Balaban J connectivity index is 1.34. The van der Waals surface area contributed by atoms with Crippen LogP contribution in [0.25, 0.3) is 0 Å². The zero-order valence-electron chi connectivity index (χ0n) is 26.3. The standard InChI is InChI=1S/C36H43NO9/c1-21-7-9-22(10-8-21)5-4-6-27-30(37(34(27)42)25-15-17-26(18-16-25)46-36(2,3)35(43)44)24-13-11-23(12-14-24)19-28-31(39)33(41)32(40)29(20-38)45-28/h7-18,27-33,38-41H,4-6,19-20H2,1-3H3,(H,43,44). The number of nitrogens with zero attached hydrogens (tertiary/aromatic N) is 1. The first-order valence-electron chi connectivity index (χ1n) is 15.7. The van der Waals surface area contributed by atoms with Gasteiger partial charge in [-0.3, -0.25) is 4.79 Å². The summed E-state index contributed by atoms with van der Waals surface area (Å²) in [6.07, 6.45) is -3.28. The molecule has 3 aromatic carbocycles. The number of hydrogen-bond acceptors (Lipinski definition) is 8. The third-order valence-corrected chi connectivity index (χ3v) is 9.07. The van der Waals surface area contributed by atoms with Gasteiger partial charge in [0.05, 0.1) is 24.7 Å². The summed E-state index contributed by atoms with van der Waals surface area (Å²) in [6.45, 7) is 4.51. The highest BCUT2D eigenvalue weighted by Gasteiger charge is 2.48. The quantitative estimate of drug-likeness (QED) is 0.189. The average Bonchev–Trinajstić information content (AvgIpc) is 3.04. The molecule has 0 aliphatic carbocycles. The molecule has 46 heavy (non-hydrogen) atoms. The first-order chi connectivity index (χ1) is 21.9. The maximum Gasteiger partial charge on any atom is 0.347 e. The number of ether oxygens (including phenoxy) is 2. The van der Waals surface area contributed by atoms with Crippen molar-refractivity contribution in [2.75, 3.05) is 11.5 Å². The summed E-state index contributed by atoms with van der Waals surface area (Å²) < 4.78 is 11.3. The van der Waals surface area contributed by atoms with Crippen LogP contribution in [-0.4, -0.2) is 80.1 Å². The van der Waals surface area contributed by atoms with Gasteiger partial charge in [0.1, 0.15) is 30.2 Å². The minimum absolute atomic E-state index is 0.0128. The smallest absolute Gasteiger partial charge is 0.347 e. The molecule has 0 saturated carbocycles. The van der Waals surface area contributed by atoms with Crippen molar-refractivity contribution >= 4 is 17.6 Å². The second-order valence-electron chi connectivity index (χ2n) is 12.9. The number of amides is 1. The lowest BCUT2D eigenvalue weighted by Gasteiger charge is -2.48. The molecule has 2 saturated heterocycles. The van der Waals surface area contributed by atoms with Gasteiger partial charge in [0.15, 0.2) is 5.60 Å². The molecule has 0 radical (unpaired) electrons. The number of carboxylic acid groups (broad SMARTS) is 1. The van der Waals surface area contributed by atoms with Crippen LogP contribution in [0.1, 0.15) is 55.0 Å². The molecule has 7 atom stereocenters. The number of carbonyl (C=O) groups is 2. The number of aliphatic hydroxyl groups is 4. The van der Waals surface area contributed by atoms with Crippen LogP contribution < -0.4 is 9.64 Å². The van der Waals surface area contributed by atoms with E-state index in [0.29, 0.717) is 17.9 Å². The lowest BCUT2D eigenvalue weighted by Crippen LogP contribution is -2.59. The fourth-order valence-corrected chi connectivity index (χ4v) is 6.22. The fraction of sp³-hybridized carbons (Fsp3) is 0.444. The lowest BCUT2D eigenvalue weighted by molar-refractivity contribution is -0.228. The number of hydrogen-bond donors (Lipinski definition) is 5. The summed E-state index contributed by atoms with van der Waals surface area (Å²) in [5, 5.41) is 49.7. The summed E-state index contributed by atoms with van der Waals surface area (Å²) in [5.41, 5.74) is 3.45. The molecule has 2 heterocycles. The highest BCUT2D eigenvalue weighted by molar-refractivity contribution is 6.03. The second-order valence-corrected chi connectivity index (χ2v) is 12.9. The van der Waals surface area contributed by atoms with E-state index in [9.17, 15) is 35.1 Å². The number of carbonyl (C=O) groups excluding carboxylic acids is 1. The summed E-state index contributed by atoms with van der Waals surface area (Å²) >= 11 is 0. The normalized spacial score (nSPS) is 26.5. The van der Waals surface area contributed by atoms with E-state index in [1.165, 1.54) is 25.0 Å². The Labute approximate surface area is 268 Å². The van der Waals surface area contributed by atoms with Gasteiger partial charge in [0.25, 0.3) is 0 Å². The van der Waals surface area contributed by atoms with Gasteiger partial charge in [-0.25, -0.2) is 4.79 Å². The molecule has 1 amide bonds. The van der Waals surface area contributed by atoms with E-state index in [1.807, 2.05) is 24.3 Å². The predicted molar refractivity (Wildman–Crippen MR) is 171 cm³/mol. The second kappa shape index (κ2) is 13.9. The molecular formula is C36H43NO9. The van der Waals surface area contributed by atoms with Crippen LogP contribution in [0.2, 0.25) is 0 Å². The topological polar surface area (TPSA) is 157 Å². The summed E-state index contributed by atoms with van der Waals surface area (Å²) in [6, 6.07) is 22.7. The Morgan fingerprint density at radius 1 is 0.870 bits per heavy atom. The van der Waals surface area contributed by atoms with Gasteiger partial charge in [-0.15, -0.1) is 0 Å². The van der Waals surface area contributed by atoms with Crippen molar-refractivity contribution in [2.45, 2.75) is 88.6 Å². The highest BCUT2D eigenvalue weighted by Crippen LogP contribution is 2.46. The van der Waals surface area contributed by atoms with E-state index >= 15 is 0 Å². The van der Waals surface area contributed by atoms with Crippen LogP contribution in [0.15, 0.2) is 72.8 Å². The van der Waals surface area contributed by atoms with Crippen molar-refractivity contribution in [1.29, 1.82) is 0 Å². The van der Waals surface area contributed by atoms with Gasteiger partial charge in [0.2, 0.25) is 5.91 Å². The Hall–Kier alpha value is -3.80. The van der Waals surface area contributed by atoms with Gasteiger partial charge in [-0.2, -0.15) is 0 Å². The predicted octanol–water partition coefficient (Wildman–Crippen LogP) is 3.35. The first kappa shape index (κ1) is 33.6. The average molecular weight is 634 g/mol. The van der Waals surface area contributed by atoms with Gasteiger partial charge in [-0.1, -0.05) is 54.1 Å². The molecule has 2 aliphatic rings. The van der Waals surface area contributed by atoms with Crippen LogP contribution in [-0.2, 0) is 27.2 Å². The van der Waals surface area contributed by atoms with Gasteiger partial charge < -0.3 is 39.9 Å². The molecule has 2 fully saturated rings. The maximum absolute atomic E-state index is 13.6. The molecule has 0 bridgehead atoms. The third-order valence-electron chi connectivity index (χ3n) is 9.07. The highest BCUT2D eigenvalue weighted by atomic mass is 16.5. The van der Waals surface area contributed by atoms with Crippen LogP contribution in [0, 0.1) is 12.8 Å². The van der Waals surface area contributed by atoms with Crippen molar-refractivity contribution < 1.29 is 44.6 Å². The van der Waals surface area contributed by atoms with Crippen molar-refractivity contribution in [2.24, 2.45) is 5.92 Å². The SMILES string of the molecule is Cc1ccc(CCCC2C(=O)N(c3ccc(OC(C)(C)C(=O)O)cc3)C2c2ccc(CC3OC(CO)C(O)C(O)C3O)cc2)cc1. The van der Waals surface area contributed by atoms with Crippen LogP contribution in [0.3, 0.4) is 0 Å². The Morgan fingerprint density at radius 2 is 1.48 bits per heavy atom. The van der Waals surface area contributed by atoms with Gasteiger partial charge in [0, 0.05) is 12.1 Å². The molecule has 10 nitrogen and oxygen atoms in total. The van der Waals surface area contributed by atoms with Gasteiger partial charge >= 0.3 is 5.97 Å². The Kier molecular flexibility index (Phi) is 10.1. The van der Waals surface area contributed by atoms with Gasteiger partial charge in [-0.05, 0) is 81.0 Å². The zero-order valence-corrected chi connectivity index (χ0v) is 26.3. The minimum Gasteiger partial charge on any atom is -0.478 e. The molecule has 3 aromatic rings. The summed E-state index contributed by atoms with van der Waals surface area (Å²) in [5.74, 6) is -0.923. The number of aliphatic carboxylic acids is 1. The molecule has 5 rings (SSSR count). The molecule has 0 aromatic heterocycles. The summed E-state index contributed by atoms with van der Waals surface area (Å²) in [4.78, 5) is 26.9. The molecular weight excluding hydrogens is 590 g/mol. The molecule has 7 unspecified atom stereocenters. The molecule has 246 valence electrons. The first-order valence-corrected chi connectivity index (χ1v) is 15.7. The summed E-state index contributed by atoms with van der Waals surface area (Å²) in [7, 11) is 0. The molecule has 2 aliphatic heterocycles. The number of benzene rings is 3. The Bertz CT molecular complexity index is 1490. The van der Waals surface area contributed by atoms with E-state index in [1.54, 1.807) is 29.2 Å². The maximum atomic E-state index is 13.6. The number of rotatable bonds is 12. The number of β-lactam (4-membered cyclic amide) rings is 1. The zero-order chi connectivity index (χ0) is 33.2. The van der Waals surface area contributed by atoms with Crippen LogP contribution in [0.4, 0.5) is 5.69 Å². The Morgan fingerprint density at radius 3 is 2.09 bits per heavy atom. The van der Waals surface area contributed by atoms with E-state index < -0.39 is 48.7 Å². The van der Waals surface area contributed by atoms with E-state index in [2.05, 4.69) is 31.2 Å².